The van der Waals surface area contributed by atoms with Crippen LogP contribution in [0.5, 0.6) is 0 Å². The van der Waals surface area contributed by atoms with Crippen molar-refractivity contribution in [2.24, 2.45) is 23.7 Å². The van der Waals surface area contributed by atoms with E-state index in [1.165, 1.54) is 6.08 Å². The summed E-state index contributed by atoms with van der Waals surface area (Å²) in [6.07, 6.45) is 1.20. The van der Waals surface area contributed by atoms with E-state index in [2.05, 4.69) is 0 Å². The first-order chi connectivity index (χ1) is 10.1. The molecule has 0 saturated heterocycles. The highest BCUT2D eigenvalue weighted by Crippen LogP contribution is 2.25. The minimum atomic E-state index is -0.879. The summed E-state index contributed by atoms with van der Waals surface area (Å²) in [5, 5.41) is 20.1. The minimum absolute atomic E-state index is 0.0187. The molecule has 126 valence electrons. The zero-order valence-corrected chi connectivity index (χ0v) is 14.0. The van der Waals surface area contributed by atoms with Crippen molar-refractivity contribution in [1.82, 2.24) is 0 Å². The Balaban J connectivity index is 3.11. The van der Waals surface area contributed by atoms with Gasteiger partial charge in [-0.05, 0) is 32.3 Å². The van der Waals surface area contributed by atoms with Gasteiger partial charge in [0.2, 0.25) is 0 Å². The molecular formula is C17H28O5. The number of allylic oxidation sites excluding steroid dienone is 1. The number of esters is 1. The van der Waals surface area contributed by atoms with Crippen LogP contribution in [0, 0.1) is 23.7 Å². The van der Waals surface area contributed by atoms with Gasteiger partial charge < -0.3 is 14.9 Å². The van der Waals surface area contributed by atoms with Crippen LogP contribution in [0.15, 0.2) is 12.2 Å². The molecule has 5 nitrogen and oxygen atoms in total. The zero-order chi connectivity index (χ0) is 17.0. The van der Waals surface area contributed by atoms with E-state index < -0.39 is 30.2 Å². The van der Waals surface area contributed by atoms with Gasteiger partial charge in [-0.2, -0.15) is 0 Å². The Morgan fingerprint density at radius 3 is 2.36 bits per heavy atom. The minimum Gasteiger partial charge on any atom is -0.459 e. The Morgan fingerprint density at radius 1 is 1.23 bits per heavy atom. The molecule has 0 aliphatic carbocycles. The average Bonchev–Trinajstić information content (AvgIpc) is 2.46. The summed E-state index contributed by atoms with van der Waals surface area (Å²) in [5.74, 6) is -1.95. The molecule has 0 fully saturated rings. The average molecular weight is 312 g/mol. The van der Waals surface area contributed by atoms with Gasteiger partial charge in [0, 0.05) is 11.8 Å². The van der Waals surface area contributed by atoms with Crippen LogP contribution in [0.2, 0.25) is 0 Å². The molecule has 1 heterocycles. The van der Waals surface area contributed by atoms with Gasteiger partial charge in [0.05, 0.1) is 18.1 Å². The summed E-state index contributed by atoms with van der Waals surface area (Å²) in [4.78, 5) is 24.3. The summed E-state index contributed by atoms with van der Waals surface area (Å²) in [6.45, 7) is 8.59. The number of ketones is 1. The number of hydrogen-bond acceptors (Lipinski definition) is 5. The van der Waals surface area contributed by atoms with Gasteiger partial charge in [0.1, 0.15) is 6.10 Å². The Morgan fingerprint density at radius 2 is 1.82 bits per heavy atom. The summed E-state index contributed by atoms with van der Waals surface area (Å²) in [6, 6.07) is 0. The maximum atomic E-state index is 12.2. The van der Waals surface area contributed by atoms with Gasteiger partial charge in [-0.1, -0.05) is 26.8 Å². The molecule has 0 aromatic heterocycles. The number of hydrogen-bond donors (Lipinski definition) is 2. The number of aliphatic hydroxyl groups is 2. The van der Waals surface area contributed by atoms with E-state index in [1.54, 1.807) is 26.8 Å². The molecule has 0 spiro atoms. The van der Waals surface area contributed by atoms with E-state index in [1.807, 2.05) is 13.8 Å². The van der Waals surface area contributed by atoms with E-state index >= 15 is 0 Å². The number of cyclic esters (lactones) is 1. The quantitative estimate of drug-likeness (QED) is 0.720. The molecule has 0 saturated carbocycles. The third-order valence-corrected chi connectivity index (χ3v) is 4.49. The first-order valence-electron chi connectivity index (χ1n) is 7.93. The first kappa shape index (κ1) is 18.8. The van der Waals surface area contributed by atoms with Gasteiger partial charge in [0.25, 0.3) is 0 Å². The molecule has 1 aliphatic rings. The summed E-state index contributed by atoms with van der Waals surface area (Å²) < 4.78 is 5.38. The van der Waals surface area contributed by atoms with Gasteiger partial charge in [-0.25, -0.2) is 0 Å². The fourth-order valence-electron chi connectivity index (χ4n) is 2.85. The van der Waals surface area contributed by atoms with Crippen LogP contribution >= 0.6 is 0 Å². The molecule has 0 bridgehead atoms. The largest absolute Gasteiger partial charge is 0.459 e. The van der Waals surface area contributed by atoms with E-state index in [9.17, 15) is 19.8 Å². The van der Waals surface area contributed by atoms with E-state index in [4.69, 9.17) is 4.74 Å². The van der Waals surface area contributed by atoms with Crippen LogP contribution in [0.3, 0.4) is 0 Å². The normalized spacial score (nSPS) is 41.0. The highest BCUT2D eigenvalue weighted by Gasteiger charge is 2.34. The lowest BCUT2D eigenvalue weighted by molar-refractivity contribution is -0.166. The summed E-state index contributed by atoms with van der Waals surface area (Å²) in [7, 11) is 0. The molecular weight excluding hydrogens is 284 g/mol. The van der Waals surface area contributed by atoms with E-state index in [0.717, 1.165) is 0 Å². The van der Waals surface area contributed by atoms with E-state index in [-0.39, 0.29) is 23.5 Å². The van der Waals surface area contributed by atoms with Crippen molar-refractivity contribution in [3.63, 3.8) is 0 Å². The Hall–Kier alpha value is -1.20. The second-order valence-corrected chi connectivity index (χ2v) is 6.66. The van der Waals surface area contributed by atoms with Crippen molar-refractivity contribution in [1.29, 1.82) is 0 Å². The fraction of sp³-hybridized carbons (Fsp3) is 0.765. The smallest absolute Gasteiger partial charge is 0.311 e. The highest BCUT2D eigenvalue weighted by molar-refractivity contribution is 5.91. The second-order valence-electron chi connectivity index (χ2n) is 6.66. The molecule has 0 amide bonds. The predicted octanol–water partition coefficient (Wildman–Crippen LogP) is 1.71. The van der Waals surface area contributed by atoms with Crippen LogP contribution in [-0.2, 0) is 14.3 Å². The third-order valence-electron chi connectivity index (χ3n) is 4.49. The lowest BCUT2D eigenvalue weighted by atomic mass is 9.84. The molecule has 1 aliphatic heterocycles. The van der Waals surface area contributed by atoms with Gasteiger partial charge >= 0.3 is 5.97 Å². The summed E-state index contributed by atoms with van der Waals surface area (Å²) >= 11 is 0. The molecule has 1 unspecified atom stereocenters. The Bertz CT molecular complexity index is 429. The number of ether oxygens (including phenoxy) is 1. The topological polar surface area (TPSA) is 83.8 Å². The maximum absolute atomic E-state index is 12.2. The monoisotopic (exact) mass is 312 g/mol. The number of aliphatic hydroxyl groups excluding tert-OH is 2. The van der Waals surface area contributed by atoms with Crippen molar-refractivity contribution in [3.8, 4) is 0 Å². The van der Waals surface area contributed by atoms with Crippen LogP contribution in [0.4, 0.5) is 0 Å². The van der Waals surface area contributed by atoms with Gasteiger partial charge in [0.15, 0.2) is 5.78 Å². The van der Waals surface area contributed by atoms with Crippen LogP contribution in [-0.4, -0.2) is 40.3 Å². The lowest BCUT2D eigenvalue weighted by Gasteiger charge is -2.30. The number of carbonyl (C=O) groups is 2. The molecule has 22 heavy (non-hydrogen) atoms. The van der Waals surface area contributed by atoms with Crippen molar-refractivity contribution >= 4 is 11.8 Å². The van der Waals surface area contributed by atoms with Gasteiger partial charge in [-0.3, -0.25) is 9.59 Å². The van der Waals surface area contributed by atoms with Crippen LogP contribution in [0.25, 0.3) is 0 Å². The molecule has 1 rings (SSSR count). The second kappa shape index (κ2) is 7.88. The third kappa shape index (κ3) is 4.65. The molecule has 2 N–H and O–H groups in total. The van der Waals surface area contributed by atoms with Crippen molar-refractivity contribution in [3.05, 3.63) is 12.2 Å². The Kier molecular flexibility index (Phi) is 6.75. The Labute approximate surface area is 132 Å². The SMILES string of the molecule is CC1C[C@@H](C)C(=O)/C=C/[C@@H](C)[C@@H]([C@@H](C)O)OC(=O)[C@H](C)[C@H]1O. The molecule has 7 atom stereocenters. The molecule has 0 aromatic carbocycles. The molecule has 0 radical (unpaired) electrons. The summed E-state index contributed by atoms with van der Waals surface area (Å²) in [5.41, 5.74) is 0. The maximum Gasteiger partial charge on any atom is 0.311 e. The first-order valence-corrected chi connectivity index (χ1v) is 7.93. The van der Waals surface area contributed by atoms with Crippen molar-refractivity contribution in [2.75, 3.05) is 0 Å². The van der Waals surface area contributed by atoms with E-state index in [0.29, 0.717) is 6.42 Å². The van der Waals surface area contributed by atoms with Crippen LogP contribution < -0.4 is 0 Å². The number of carbonyl (C=O) groups excluding carboxylic acids is 2. The molecule has 5 heteroatoms. The fourth-order valence-corrected chi connectivity index (χ4v) is 2.85. The standard InChI is InChI=1S/C17H28O5/c1-9-6-7-14(19)10(2)8-11(3)15(20)12(4)17(21)22-16(9)13(5)18/h6-7,9-13,15-16,18,20H,8H2,1-5H3/b7-6+/t9-,10-,11?,12-,13-,15+,16+/m1/s1. The zero-order valence-electron chi connectivity index (χ0n) is 14.0. The van der Waals surface area contributed by atoms with Crippen molar-refractivity contribution in [2.45, 2.75) is 59.4 Å². The van der Waals surface area contributed by atoms with Crippen molar-refractivity contribution < 1.29 is 24.5 Å². The van der Waals surface area contributed by atoms with Crippen LogP contribution in [0.1, 0.15) is 41.0 Å². The predicted molar refractivity (Wildman–Crippen MR) is 83.0 cm³/mol. The molecule has 0 aromatic rings. The highest BCUT2D eigenvalue weighted by atomic mass is 16.6. The van der Waals surface area contributed by atoms with Gasteiger partial charge in [-0.15, -0.1) is 0 Å². The number of rotatable bonds is 1. The lowest BCUT2D eigenvalue weighted by Crippen LogP contribution is -2.40.